The fourth-order valence-electron chi connectivity index (χ4n) is 1.47. The number of hydrogen-bond donors (Lipinski definition) is 2. The molecule has 0 aliphatic heterocycles. The van der Waals surface area contributed by atoms with Gasteiger partial charge in [-0.1, -0.05) is 6.92 Å². The van der Waals surface area contributed by atoms with E-state index in [0.717, 1.165) is 12.5 Å². The van der Waals surface area contributed by atoms with E-state index in [1.807, 2.05) is 6.92 Å². The topological polar surface area (TPSA) is 63.2 Å². The minimum atomic E-state index is -0.798. The van der Waals surface area contributed by atoms with Gasteiger partial charge in [0.2, 0.25) is 0 Å². The average molecular weight is 287 g/mol. The second-order valence-electron chi connectivity index (χ2n) is 4.06. The number of ether oxygens (including phenoxy) is 1. The largest absolute Gasteiger partial charge is 0.466 e. The maximum absolute atomic E-state index is 13.5. The molecule has 2 N–H and O–H groups in total. The number of carbonyl (C=O) groups is 1. The molecule has 0 atom stereocenters. The Kier molecular flexibility index (Phi) is 6.69. The first-order chi connectivity index (χ1) is 9.58. The molecule has 1 rings (SSSR count). The Hall–Kier alpha value is -1.92. The number of hydrogen-bond acceptors (Lipinski definition) is 5. The van der Waals surface area contributed by atoms with Crippen molar-refractivity contribution < 1.29 is 18.3 Å². The van der Waals surface area contributed by atoms with E-state index in [9.17, 15) is 13.6 Å². The van der Waals surface area contributed by atoms with E-state index in [0.29, 0.717) is 13.2 Å². The highest BCUT2D eigenvalue weighted by Crippen LogP contribution is 2.18. The van der Waals surface area contributed by atoms with Crippen LogP contribution in [0.4, 0.5) is 20.4 Å². The highest BCUT2D eigenvalue weighted by molar-refractivity contribution is 5.70. The molecule has 0 fully saturated rings. The van der Waals surface area contributed by atoms with Crippen LogP contribution in [0.25, 0.3) is 0 Å². The average Bonchev–Trinajstić information content (AvgIpc) is 2.40. The van der Waals surface area contributed by atoms with Crippen LogP contribution >= 0.6 is 0 Å². The van der Waals surface area contributed by atoms with E-state index >= 15 is 0 Å². The summed E-state index contributed by atoms with van der Waals surface area (Å²) in [7, 11) is 0. The van der Waals surface area contributed by atoms with Crippen LogP contribution in [0.5, 0.6) is 0 Å². The molecule has 0 unspecified atom stereocenters. The molecule has 0 amide bonds. The number of rotatable bonds is 8. The van der Waals surface area contributed by atoms with E-state index in [1.165, 1.54) is 0 Å². The summed E-state index contributed by atoms with van der Waals surface area (Å²) in [4.78, 5) is 15.0. The summed E-state index contributed by atoms with van der Waals surface area (Å²) < 4.78 is 31.7. The Bertz CT molecular complexity index is 455. The highest BCUT2D eigenvalue weighted by Gasteiger charge is 2.11. The van der Waals surface area contributed by atoms with Crippen molar-refractivity contribution in [3.63, 3.8) is 0 Å². The Morgan fingerprint density at radius 2 is 1.80 bits per heavy atom. The van der Waals surface area contributed by atoms with Crippen molar-refractivity contribution in [2.45, 2.75) is 26.7 Å². The van der Waals surface area contributed by atoms with Crippen LogP contribution < -0.4 is 10.6 Å². The molecule has 0 saturated carbocycles. The molecular weight excluding hydrogens is 268 g/mol. The van der Waals surface area contributed by atoms with Gasteiger partial charge in [-0.25, -0.2) is 13.8 Å². The fourth-order valence-corrected chi connectivity index (χ4v) is 1.47. The molecule has 0 spiro atoms. The van der Waals surface area contributed by atoms with Crippen LogP contribution in [0.3, 0.4) is 0 Å². The molecule has 0 aromatic carbocycles. The highest BCUT2D eigenvalue weighted by atomic mass is 19.1. The number of pyridine rings is 1. The van der Waals surface area contributed by atoms with Gasteiger partial charge >= 0.3 is 5.97 Å². The molecule has 0 aliphatic carbocycles. The standard InChI is InChI=1S/C13H19F2N3O2/c1-3-6-16-12-9(14)8-10(15)13(18-12)17-7-5-11(19)20-4-2/h8H,3-7H2,1-2H3,(H2,16,17,18). The van der Waals surface area contributed by atoms with Gasteiger partial charge in [-0.3, -0.25) is 4.79 Å². The zero-order chi connectivity index (χ0) is 15.0. The predicted molar refractivity (Wildman–Crippen MR) is 72.7 cm³/mol. The van der Waals surface area contributed by atoms with Gasteiger partial charge in [0.15, 0.2) is 23.3 Å². The van der Waals surface area contributed by atoms with Crippen LogP contribution in [0.2, 0.25) is 0 Å². The van der Waals surface area contributed by atoms with E-state index in [-0.39, 0.29) is 30.6 Å². The molecule has 112 valence electrons. The third-order valence-corrected chi connectivity index (χ3v) is 2.40. The molecule has 7 heteroatoms. The van der Waals surface area contributed by atoms with Gasteiger partial charge in [0.25, 0.3) is 0 Å². The minimum Gasteiger partial charge on any atom is -0.466 e. The number of carbonyl (C=O) groups excluding carboxylic acids is 1. The van der Waals surface area contributed by atoms with Crippen LogP contribution in [-0.2, 0) is 9.53 Å². The summed E-state index contributed by atoms with van der Waals surface area (Å²) >= 11 is 0. The lowest BCUT2D eigenvalue weighted by atomic mass is 10.3. The van der Waals surface area contributed by atoms with Crippen molar-refractivity contribution in [3.8, 4) is 0 Å². The molecule has 1 heterocycles. The van der Waals surface area contributed by atoms with Gasteiger partial charge in [-0.05, 0) is 13.3 Å². The Morgan fingerprint density at radius 3 is 2.35 bits per heavy atom. The Labute approximate surface area is 116 Å². The summed E-state index contributed by atoms with van der Waals surface area (Å²) in [5.41, 5.74) is 0. The number of esters is 1. The van der Waals surface area contributed by atoms with Crippen LogP contribution in [-0.4, -0.2) is 30.6 Å². The van der Waals surface area contributed by atoms with Gasteiger partial charge in [0.1, 0.15) is 0 Å². The number of halogens is 2. The molecule has 0 aliphatic rings. The third kappa shape index (κ3) is 4.99. The maximum atomic E-state index is 13.5. The smallest absolute Gasteiger partial charge is 0.307 e. The fraction of sp³-hybridized carbons (Fsp3) is 0.538. The summed E-state index contributed by atoms with van der Waals surface area (Å²) in [5, 5.41) is 5.42. The quantitative estimate of drug-likeness (QED) is 0.719. The number of nitrogens with one attached hydrogen (secondary N) is 2. The minimum absolute atomic E-state index is 0.00751. The Morgan fingerprint density at radius 1 is 1.20 bits per heavy atom. The predicted octanol–water partition coefficient (Wildman–Crippen LogP) is 2.55. The summed E-state index contributed by atoms with van der Waals surface area (Å²) in [6, 6.07) is 0.762. The lowest BCUT2D eigenvalue weighted by Crippen LogP contribution is -2.14. The van der Waals surface area contributed by atoms with Crippen molar-refractivity contribution in [1.29, 1.82) is 0 Å². The molecule has 1 aromatic rings. The second kappa shape index (κ2) is 8.29. The van der Waals surface area contributed by atoms with Gasteiger partial charge in [-0.15, -0.1) is 0 Å². The first-order valence-electron chi connectivity index (χ1n) is 6.57. The van der Waals surface area contributed by atoms with E-state index < -0.39 is 11.6 Å². The van der Waals surface area contributed by atoms with Crippen molar-refractivity contribution >= 4 is 17.6 Å². The van der Waals surface area contributed by atoms with E-state index in [4.69, 9.17) is 4.74 Å². The summed E-state index contributed by atoms with van der Waals surface area (Å²) in [6.07, 6.45) is 0.883. The second-order valence-corrected chi connectivity index (χ2v) is 4.06. The van der Waals surface area contributed by atoms with Crippen LogP contribution in [0.15, 0.2) is 6.07 Å². The molecule has 0 radical (unpaired) electrons. The van der Waals surface area contributed by atoms with Gasteiger partial charge < -0.3 is 15.4 Å². The maximum Gasteiger partial charge on any atom is 0.307 e. The molecule has 5 nitrogen and oxygen atoms in total. The molecule has 0 bridgehead atoms. The van der Waals surface area contributed by atoms with Gasteiger partial charge in [0.05, 0.1) is 13.0 Å². The first kappa shape index (κ1) is 16.1. The molecular formula is C13H19F2N3O2. The van der Waals surface area contributed by atoms with Crippen LogP contribution in [0.1, 0.15) is 26.7 Å². The summed E-state index contributed by atoms with van der Waals surface area (Å²) in [6.45, 7) is 4.64. The van der Waals surface area contributed by atoms with Gasteiger partial charge in [0, 0.05) is 19.2 Å². The Balaban J connectivity index is 2.62. The normalized spacial score (nSPS) is 10.2. The van der Waals surface area contributed by atoms with Crippen molar-refractivity contribution in [3.05, 3.63) is 17.7 Å². The van der Waals surface area contributed by atoms with Crippen molar-refractivity contribution in [2.24, 2.45) is 0 Å². The number of anilines is 2. The molecule has 0 saturated heterocycles. The van der Waals surface area contributed by atoms with E-state index in [2.05, 4.69) is 15.6 Å². The lowest BCUT2D eigenvalue weighted by Gasteiger charge is -2.10. The zero-order valence-corrected chi connectivity index (χ0v) is 11.6. The van der Waals surface area contributed by atoms with E-state index in [1.54, 1.807) is 6.92 Å². The number of aromatic nitrogens is 1. The van der Waals surface area contributed by atoms with Gasteiger partial charge in [-0.2, -0.15) is 0 Å². The SMILES string of the molecule is CCCNc1nc(NCCC(=O)OCC)c(F)cc1F. The van der Waals surface area contributed by atoms with Crippen LogP contribution in [0, 0.1) is 11.6 Å². The zero-order valence-electron chi connectivity index (χ0n) is 11.6. The monoisotopic (exact) mass is 287 g/mol. The molecule has 20 heavy (non-hydrogen) atoms. The lowest BCUT2D eigenvalue weighted by molar-refractivity contribution is -0.142. The van der Waals surface area contributed by atoms with Crippen molar-refractivity contribution in [1.82, 2.24) is 4.98 Å². The van der Waals surface area contributed by atoms with Crippen molar-refractivity contribution in [2.75, 3.05) is 30.3 Å². The summed E-state index contributed by atoms with van der Waals surface area (Å²) in [5.74, 6) is -2.02. The third-order valence-electron chi connectivity index (χ3n) is 2.40. The first-order valence-corrected chi connectivity index (χ1v) is 6.57. The number of nitrogens with zero attached hydrogens (tertiary/aromatic N) is 1. The molecule has 1 aromatic heterocycles.